The Morgan fingerprint density at radius 2 is 0.935 bits per heavy atom. The molecule has 0 unspecified atom stereocenters. The van der Waals surface area contributed by atoms with Crippen LogP contribution in [0.2, 0.25) is 3.43 Å². The zero-order valence-corrected chi connectivity index (χ0v) is 21.2. The van der Waals surface area contributed by atoms with Gasteiger partial charge in [0, 0.05) is 0 Å². The van der Waals surface area contributed by atoms with Crippen molar-refractivity contribution in [2.24, 2.45) is 0 Å². The third kappa shape index (κ3) is 7.13. The van der Waals surface area contributed by atoms with Gasteiger partial charge in [0.05, 0.1) is 0 Å². The first-order valence-electron chi connectivity index (χ1n) is 9.84. The number of rotatable bonds is 14. The molecule has 0 bridgehead atoms. The molecule has 0 aromatic rings. The number of hydrogen-bond acceptors (Lipinski definition) is 2. The first-order valence-corrected chi connectivity index (χ1v) is 14.1. The molecule has 0 aliphatic carbocycles. The van der Waals surface area contributed by atoms with Crippen LogP contribution in [0.3, 0.4) is 0 Å². The van der Waals surface area contributed by atoms with Gasteiger partial charge in [0.25, 0.3) is 0 Å². The van der Waals surface area contributed by atoms with Crippen LogP contribution in [-0.2, 0) is 7.43 Å². The zero-order chi connectivity index (χ0) is 24.8. The van der Waals surface area contributed by atoms with Gasteiger partial charge in [-0.15, -0.1) is 0 Å². The Morgan fingerprint density at radius 1 is 0.645 bits per heavy atom. The Hall–Kier alpha value is 0.289. The van der Waals surface area contributed by atoms with Crippen LogP contribution >= 0.6 is 7.37 Å². The average molecular weight is 603 g/mol. The van der Waals surface area contributed by atoms with Crippen molar-refractivity contribution in [3.63, 3.8) is 0 Å². The predicted molar refractivity (Wildman–Crippen MR) is 97.7 cm³/mol. The molecule has 0 aromatic heterocycles. The van der Waals surface area contributed by atoms with E-state index in [1.54, 1.807) is 20.8 Å². The number of unbranched alkanes of at least 4 members (excludes halogenated alkanes) is 3. The van der Waals surface area contributed by atoms with Crippen molar-refractivity contribution in [2.45, 2.75) is 106 Å². The summed E-state index contributed by atoms with van der Waals surface area (Å²) < 4.78 is 148. The molecule has 0 aromatic carbocycles. The van der Waals surface area contributed by atoms with Gasteiger partial charge >= 0.3 is 186 Å². The van der Waals surface area contributed by atoms with E-state index in [4.69, 9.17) is 0 Å². The molecule has 0 N–H and O–H groups in total. The predicted octanol–water partition coefficient (Wildman–Crippen LogP) is 8.94. The third-order valence-corrected chi connectivity index (χ3v) is 13.5. The summed E-state index contributed by atoms with van der Waals surface area (Å²) in [5, 5.41) is 0. The van der Waals surface area contributed by atoms with Crippen molar-refractivity contribution in [1.29, 1.82) is 0 Å². The molecule has 0 saturated heterocycles. The minimum atomic E-state index is -7.90. The van der Waals surface area contributed by atoms with E-state index in [0.717, 1.165) is 0 Å². The summed E-state index contributed by atoms with van der Waals surface area (Å²) in [6.45, 7) is 5.28. The van der Waals surface area contributed by atoms with Crippen molar-refractivity contribution in [2.75, 3.05) is 0 Å². The summed E-state index contributed by atoms with van der Waals surface area (Å²) in [6, 6.07) is 0. The van der Waals surface area contributed by atoms with Gasteiger partial charge in [-0.1, -0.05) is 0 Å². The maximum absolute atomic E-state index is 13.9. The molecular formula is C17H27F10O2PSn. The maximum atomic E-state index is 13.9. The molecule has 0 amide bonds. The Labute approximate surface area is 186 Å². The van der Waals surface area contributed by atoms with Crippen molar-refractivity contribution in [3.8, 4) is 0 Å². The average Bonchev–Trinajstić information content (AvgIpc) is 2.64. The molecule has 0 saturated carbocycles. The van der Waals surface area contributed by atoms with E-state index in [9.17, 15) is 48.5 Å². The molecule has 0 heterocycles. The van der Waals surface area contributed by atoms with Crippen LogP contribution in [0.15, 0.2) is 0 Å². The zero-order valence-electron chi connectivity index (χ0n) is 17.4. The monoisotopic (exact) mass is 604 g/mol. The minimum absolute atomic E-state index is 0.213. The van der Waals surface area contributed by atoms with Gasteiger partial charge in [-0.2, -0.15) is 0 Å². The van der Waals surface area contributed by atoms with Crippen molar-refractivity contribution in [3.05, 3.63) is 0 Å². The Balaban J connectivity index is 6.40. The summed E-state index contributed by atoms with van der Waals surface area (Å²) >= 11 is -3.31. The second-order valence-electron chi connectivity index (χ2n) is 7.41. The molecule has 0 fully saturated rings. The molecule has 0 spiro atoms. The van der Waals surface area contributed by atoms with E-state index in [-0.39, 0.29) is 19.3 Å². The summed E-state index contributed by atoms with van der Waals surface area (Å²) in [6.07, 6.45) is -10.1. The SMILES string of the molecule is CCCC[C](CCCC)(CCCC)[Sn][O]P(=O)(C(F)(F)C(F)(F)F)C(F)(F)C(F)(F)F. The molecule has 0 aliphatic rings. The van der Waals surface area contributed by atoms with Gasteiger partial charge in [0.1, 0.15) is 0 Å². The van der Waals surface area contributed by atoms with Crippen LogP contribution in [0.5, 0.6) is 0 Å². The van der Waals surface area contributed by atoms with Crippen LogP contribution in [0, 0.1) is 0 Å². The van der Waals surface area contributed by atoms with Crippen molar-refractivity contribution >= 4 is 28.9 Å². The Bertz CT molecular complexity index is 541. The first kappa shape index (κ1) is 31.3. The van der Waals surface area contributed by atoms with E-state index in [0.29, 0.717) is 38.5 Å². The van der Waals surface area contributed by atoms with Gasteiger partial charge in [0.15, 0.2) is 0 Å². The van der Waals surface area contributed by atoms with Crippen LogP contribution in [0.1, 0.15) is 78.6 Å². The van der Waals surface area contributed by atoms with Crippen LogP contribution in [-0.4, -0.2) is 45.2 Å². The fourth-order valence-electron chi connectivity index (χ4n) is 2.86. The fraction of sp³-hybridized carbons (Fsp3) is 1.00. The molecular weight excluding hydrogens is 576 g/mol. The molecule has 14 heteroatoms. The van der Waals surface area contributed by atoms with E-state index >= 15 is 0 Å². The van der Waals surface area contributed by atoms with E-state index in [1.165, 1.54) is 0 Å². The number of alkyl halides is 10. The molecule has 2 nitrogen and oxygen atoms in total. The third-order valence-electron chi connectivity index (χ3n) is 4.84. The molecule has 0 atom stereocenters. The summed E-state index contributed by atoms with van der Waals surface area (Å²) in [5.74, 6) is 0. The molecule has 0 aliphatic heterocycles. The van der Waals surface area contributed by atoms with Crippen LogP contribution in [0.25, 0.3) is 0 Å². The van der Waals surface area contributed by atoms with Gasteiger partial charge in [-0.25, -0.2) is 0 Å². The second kappa shape index (κ2) is 11.6. The Kier molecular flexibility index (Phi) is 11.7. The molecule has 186 valence electrons. The van der Waals surface area contributed by atoms with Crippen molar-refractivity contribution in [1.82, 2.24) is 0 Å². The molecule has 31 heavy (non-hydrogen) atoms. The normalized spacial score (nSPS) is 14.9. The van der Waals surface area contributed by atoms with Gasteiger partial charge in [-0.05, 0) is 0 Å². The van der Waals surface area contributed by atoms with E-state index in [2.05, 4.69) is 2.86 Å². The van der Waals surface area contributed by atoms with Crippen LogP contribution in [0.4, 0.5) is 43.9 Å². The van der Waals surface area contributed by atoms with Gasteiger partial charge in [0.2, 0.25) is 0 Å². The second-order valence-corrected chi connectivity index (χ2v) is 15.0. The van der Waals surface area contributed by atoms with Crippen LogP contribution < -0.4 is 0 Å². The first-order chi connectivity index (χ1) is 13.9. The summed E-state index contributed by atoms with van der Waals surface area (Å²) in [7, 11) is -7.90. The standard InChI is InChI=1S/C13H27.C4HF10O2P.Sn/c1-4-7-10-13(11-8-5-2)12-9-6-3;5-1(6,7)3(11,12)17(15,16)4(13,14)2(8,9)10;/h4-12H2,1-3H3;(H,15,16);/q;;+1/p-1. The summed E-state index contributed by atoms with van der Waals surface area (Å²) in [5.41, 5.74) is -13.7. The molecule has 2 radical (unpaired) electrons. The fourth-order valence-corrected chi connectivity index (χ4v) is 11.5. The topological polar surface area (TPSA) is 26.3 Å². The van der Waals surface area contributed by atoms with Gasteiger partial charge < -0.3 is 0 Å². The van der Waals surface area contributed by atoms with Crippen molar-refractivity contribution < 1.29 is 51.3 Å². The van der Waals surface area contributed by atoms with Gasteiger partial charge in [-0.3, -0.25) is 0 Å². The number of hydrogen-bond donors (Lipinski definition) is 0. The quantitative estimate of drug-likeness (QED) is 0.113. The Morgan fingerprint density at radius 3 is 1.16 bits per heavy atom. The van der Waals surface area contributed by atoms with E-state index in [1.807, 2.05) is 0 Å². The van der Waals surface area contributed by atoms with E-state index < -0.39 is 56.0 Å². The molecule has 0 rings (SSSR count). The summed E-state index contributed by atoms with van der Waals surface area (Å²) in [4.78, 5) is 0. The number of halogens is 10.